The topological polar surface area (TPSA) is 97.2 Å². The van der Waals surface area contributed by atoms with Gasteiger partial charge in [-0.1, -0.05) is 6.07 Å². The van der Waals surface area contributed by atoms with E-state index in [2.05, 4.69) is 15.3 Å². The number of nitrogens with zero attached hydrogens (tertiary/aromatic N) is 4. The van der Waals surface area contributed by atoms with Crippen molar-refractivity contribution in [1.29, 1.82) is 0 Å². The van der Waals surface area contributed by atoms with Crippen LogP contribution in [0.15, 0.2) is 47.9 Å². The first kappa shape index (κ1) is 20.3. The highest BCUT2D eigenvalue weighted by Gasteiger charge is 2.30. The summed E-state index contributed by atoms with van der Waals surface area (Å²) in [5.41, 5.74) is 0.206. The summed E-state index contributed by atoms with van der Waals surface area (Å²) in [7, 11) is 1.49. The maximum absolute atomic E-state index is 14.0. The van der Waals surface area contributed by atoms with Crippen LogP contribution < -0.4 is 10.9 Å². The van der Waals surface area contributed by atoms with Crippen molar-refractivity contribution in [3.63, 3.8) is 0 Å². The van der Waals surface area contributed by atoms with E-state index < -0.39 is 34.6 Å². The first-order valence-electron chi connectivity index (χ1n) is 9.38. The third-order valence-corrected chi connectivity index (χ3v) is 5.08. The molecule has 1 N–H and O–H groups in total. The van der Waals surface area contributed by atoms with Gasteiger partial charge in [-0.3, -0.25) is 14.4 Å². The molecule has 0 saturated carbocycles. The molecule has 0 spiro atoms. The molecular formula is C21H17F2N5O3. The molecule has 31 heavy (non-hydrogen) atoms. The molecule has 0 radical (unpaired) electrons. The van der Waals surface area contributed by atoms with Gasteiger partial charge in [-0.2, -0.15) is 0 Å². The van der Waals surface area contributed by atoms with Crippen molar-refractivity contribution in [1.82, 2.24) is 19.4 Å². The number of halogens is 2. The van der Waals surface area contributed by atoms with E-state index in [0.29, 0.717) is 16.8 Å². The second-order valence-electron chi connectivity index (χ2n) is 7.08. The second kappa shape index (κ2) is 8.05. The highest BCUT2D eigenvalue weighted by molar-refractivity contribution is 6.05. The van der Waals surface area contributed by atoms with Gasteiger partial charge in [-0.15, -0.1) is 0 Å². The Kier molecular flexibility index (Phi) is 5.28. The maximum atomic E-state index is 14.0. The molecule has 0 unspecified atom stereocenters. The Morgan fingerprint density at radius 1 is 1.10 bits per heavy atom. The van der Waals surface area contributed by atoms with Crippen LogP contribution in [-0.2, 0) is 20.0 Å². The number of hydrogen-bond donors (Lipinski definition) is 1. The molecule has 10 heteroatoms. The van der Waals surface area contributed by atoms with Crippen molar-refractivity contribution in [2.24, 2.45) is 7.05 Å². The smallest absolute Gasteiger partial charge is 0.263 e. The number of pyridine rings is 1. The quantitative estimate of drug-likeness (QED) is 0.692. The van der Waals surface area contributed by atoms with E-state index >= 15 is 0 Å². The SMILES string of the molecule is Cn1cc2c(c(C(=O)Nc3cncnc3)c1=O)CCN(C(=O)c1c(F)cccc1F)C2. The van der Waals surface area contributed by atoms with E-state index in [1.165, 1.54) is 47.5 Å². The van der Waals surface area contributed by atoms with E-state index in [0.717, 1.165) is 12.1 Å². The number of carbonyl (C=O) groups is 2. The summed E-state index contributed by atoms with van der Waals surface area (Å²) in [5.74, 6) is -3.29. The first-order chi connectivity index (χ1) is 14.9. The van der Waals surface area contributed by atoms with Gasteiger partial charge >= 0.3 is 0 Å². The van der Waals surface area contributed by atoms with Crippen molar-refractivity contribution >= 4 is 17.5 Å². The van der Waals surface area contributed by atoms with Gasteiger partial charge in [0.1, 0.15) is 29.1 Å². The average Bonchev–Trinajstić information content (AvgIpc) is 2.74. The number of hydrogen-bond acceptors (Lipinski definition) is 5. The minimum atomic E-state index is -0.943. The Labute approximate surface area is 175 Å². The maximum Gasteiger partial charge on any atom is 0.263 e. The summed E-state index contributed by atoms with van der Waals surface area (Å²) in [6.07, 6.45) is 5.81. The van der Waals surface area contributed by atoms with Crippen LogP contribution in [-0.4, -0.2) is 37.8 Å². The Balaban J connectivity index is 1.67. The van der Waals surface area contributed by atoms with E-state index in [4.69, 9.17) is 0 Å². The molecule has 3 heterocycles. The highest BCUT2D eigenvalue weighted by atomic mass is 19.1. The number of nitrogens with one attached hydrogen (secondary N) is 1. The number of carbonyl (C=O) groups excluding carboxylic acids is 2. The van der Waals surface area contributed by atoms with Gasteiger partial charge in [0, 0.05) is 26.3 Å². The first-order valence-corrected chi connectivity index (χ1v) is 9.38. The summed E-state index contributed by atoms with van der Waals surface area (Å²) in [4.78, 5) is 47.2. The lowest BCUT2D eigenvalue weighted by atomic mass is 9.95. The zero-order chi connectivity index (χ0) is 22.1. The van der Waals surface area contributed by atoms with Gasteiger partial charge in [0.25, 0.3) is 17.4 Å². The Bertz CT molecular complexity index is 1220. The number of benzene rings is 1. The Morgan fingerprint density at radius 3 is 2.45 bits per heavy atom. The standard InChI is InChI=1S/C21H17F2N5O3/c1-27-9-12-10-28(21(31)18-15(22)3-2-4-16(18)23)6-5-14(12)17(20(27)30)19(29)26-13-7-24-11-25-8-13/h2-4,7-9,11H,5-6,10H2,1H3,(H,26,29). The molecule has 2 amide bonds. The number of rotatable bonds is 3. The lowest BCUT2D eigenvalue weighted by molar-refractivity contribution is 0.0724. The van der Waals surface area contributed by atoms with Crippen LogP contribution in [0.3, 0.4) is 0 Å². The average molecular weight is 425 g/mol. The summed E-state index contributed by atoms with van der Waals surface area (Å²) in [6, 6.07) is 3.23. The van der Waals surface area contributed by atoms with Crippen LogP contribution >= 0.6 is 0 Å². The minimum absolute atomic E-state index is 0.00475. The molecule has 158 valence electrons. The molecule has 0 bridgehead atoms. The zero-order valence-electron chi connectivity index (χ0n) is 16.4. The predicted octanol–water partition coefficient (Wildman–Crippen LogP) is 1.90. The minimum Gasteiger partial charge on any atom is -0.334 e. The van der Waals surface area contributed by atoms with Crippen LogP contribution in [0, 0.1) is 11.6 Å². The monoisotopic (exact) mass is 425 g/mol. The van der Waals surface area contributed by atoms with Gasteiger partial charge < -0.3 is 14.8 Å². The Hall–Kier alpha value is -3.95. The van der Waals surface area contributed by atoms with Crippen molar-refractivity contribution in [3.05, 3.63) is 87.4 Å². The van der Waals surface area contributed by atoms with Gasteiger partial charge in [-0.05, 0) is 29.7 Å². The summed E-state index contributed by atoms with van der Waals surface area (Å²) < 4.78 is 29.3. The summed E-state index contributed by atoms with van der Waals surface area (Å²) in [6.45, 7) is 0.103. The largest absolute Gasteiger partial charge is 0.334 e. The molecule has 3 aromatic rings. The number of fused-ring (bicyclic) bond motifs is 1. The number of aryl methyl sites for hydroxylation is 1. The lowest BCUT2D eigenvalue weighted by Gasteiger charge is -2.30. The molecule has 2 aromatic heterocycles. The van der Waals surface area contributed by atoms with Crippen molar-refractivity contribution in [3.8, 4) is 0 Å². The predicted molar refractivity (Wildman–Crippen MR) is 106 cm³/mol. The molecule has 0 saturated heterocycles. The van der Waals surface area contributed by atoms with E-state index in [-0.39, 0.29) is 25.1 Å². The summed E-state index contributed by atoms with van der Waals surface area (Å²) in [5, 5.41) is 2.59. The molecule has 1 aromatic carbocycles. The molecule has 1 aliphatic rings. The highest BCUT2D eigenvalue weighted by Crippen LogP contribution is 2.24. The Morgan fingerprint density at radius 2 is 1.77 bits per heavy atom. The molecular weight excluding hydrogens is 408 g/mol. The van der Waals surface area contributed by atoms with Crippen LogP contribution in [0.2, 0.25) is 0 Å². The van der Waals surface area contributed by atoms with Gasteiger partial charge in [0.05, 0.1) is 18.1 Å². The lowest BCUT2D eigenvalue weighted by Crippen LogP contribution is -2.40. The van der Waals surface area contributed by atoms with Crippen LogP contribution in [0.4, 0.5) is 14.5 Å². The number of aromatic nitrogens is 3. The van der Waals surface area contributed by atoms with Crippen LogP contribution in [0.25, 0.3) is 0 Å². The van der Waals surface area contributed by atoms with Crippen molar-refractivity contribution in [2.75, 3.05) is 11.9 Å². The van der Waals surface area contributed by atoms with Crippen molar-refractivity contribution < 1.29 is 18.4 Å². The normalized spacial score (nSPS) is 12.9. The van der Waals surface area contributed by atoms with Crippen LogP contribution in [0.1, 0.15) is 31.8 Å². The van der Waals surface area contributed by atoms with Gasteiger partial charge in [0.2, 0.25) is 0 Å². The number of anilines is 1. The fourth-order valence-corrected chi connectivity index (χ4v) is 3.61. The molecule has 0 aliphatic carbocycles. The van der Waals surface area contributed by atoms with E-state index in [9.17, 15) is 23.2 Å². The molecule has 1 aliphatic heterocycles. The third kappa shape index (κ3) is 3.79. The molecule has 4 rings (SSSR count). The van der Waals surface area contributed by atoms with Gasteiger partial charge in [-0.25, -0.2) is 18.7 Å². The fraction of sp³-hybridized carbons (Fsp3) is 0.190. The zero-order valence-corrected chi connectivity index (χ0v) is 16.4. The molecule has 8 nitrogen and oxygen atoms in total. The van der Waals surface area contributed by atoms with Gasteiger partial charge in [0.15, 0.2) is 0 Å². The second-order valence-corrected chi connectivity index (χ2v) is 7.08. The van der Waals surface area contributed by atoms with Crippen LogP contribution in [0.5, 0.6) is 0 Å². The fourth-order valence-electron chi connectivity index (χ4n) is 3.61. The number of amides is 2. The van der Waals surface area contributed by atoms with E-state index in [1.807, 2.05) is 0 Å². The van der Waals surface area contributed by atoms with E-state index in [1.54, 1.807) is 0 Å². The summed E-state index contributed by atoms with van der Waals surface area (Å²) >= 11 is 0. The third-order valence-electron chi connectivity index (χ3n) is 5.08. The molecule has 0 atom stereocenters. The van der Waals surface area contributed by atoms with Crippen molar-refractivity contribution in [2.45, 2.75) is 13.0 Å². The molecule has 0 fully saturated rings.